The van der Waals surface area contributed by atoms with Gasteiger partial charge in [0, 0.05) is 17.4 Å². The van der Waals surface area contributed by atoms with E-state index in [2.05, 4.69) is 12.1 Å². The summed E-state index contributed by atoms with van der Waals surface area (Å²) in [6, 6.07) is 16.1. The van der Waals surface area contributed by atoms with Gasteiger partial charge in [0.1, 0.15) is 11.2 Å². The van der Waals surface area contributed by atoms with Crippen molar-refractivity contribution in [3.8, 4) is 0 Å². The molecule has 0 saturated heterocycles. The molecule has 2 aromatic carbocycles. The van der Waals surface area contributed by atoms with Crippen LogP contribution in [0, 0.1) is 0 Å². The van der Waals surface area contributed by atoms with Crippen LogP contribution in [0.2, 0.25) is 0 Å². The molecule has 88 valence electrons. The lowest BCUT2D eigenvalue weighted by Crippen LogP contribution is -1.69. The highest BCUT2D eigenvalue weighted by molar-refractivity contribution is 7.35. The number of fused-ring (bicyclic) bond motifs is 3. The van der Waals surface area contributed by atoms with Gasteiger partial charge in [-0.05, 0) is 12.1 Å². The van der Waals surface area contributed by atoms with Crippen molar-refractivity contribution >= 4 is 30.0 Å². The molecule has 0 aliphatic rings. The van der Waals surface area contributed by atoms with Crippen LogP contribution < -0.4 is 0 Å². The van der Waals surface area contributed by atoms with Gasteiger partial charge in [0.25, 0.3) is 0 Å². The Morgan fingerprint density at radius 2 is 1.18 bits per heavy atom. The third kappa shape index (κ3) is 2.09. The van der Waals surface area contributed by atoms with Crippen molar-refractivity contribution < 1.29 is 8.39 Å². The minimum absolute atomic E-state index is 0. The first-order valence-corrected chi connectivity index (χ1v) is 6.75. The van der Waals surface area contributed by atoms with E-state index in [0.29, 0.717) is 0 Å². The molecular formula is C14H15O2P. The quantitative estimate of drug-likeness (QED) is 0.526. The zero-order chi connectivity index (χ0) is 11.0. The van der Waals surface area contributed by atoms with Crippen LogP contribution in [0.1, 0.15) is 7.43 Å². The molecule has 0 atom stereocenters. The van der Waals surface area contributed by atoms with Crippen LogP contribution in [0.25, 0.3) is 21.9 Å². The van der Waals surface area contributed by atoms with Gasteiger partial charge in [0.15, 0.2) is 0 Å². The van der Waals surface area contributed by atoms with Crippen molar-refractivity contribution in [2.24, 2.45) is 6.66 Å². The number of para-hydroxylation sites is 2. The maximum atomic E-state index is 5.78. The van der Waals surface area contributed by atoms with Gasteiger partial charge < -0.3 is 8.39 Å². The van der Waals surface area contributed by atoms with Crippen LogP contribution in [0.15, 0.2) is 56.9 Å². The standard InChI is InChI=1S/C13H11O2P.CH4/c1-16-14-12-8-4-2-6-10(12)11-7-3-5-9-13(11)15-16;/h2-9H,1H3;1H4. The van der Waals surface area contributed by atoms with Crippen molar-refractivity contribution in [1.82, 2.24) is 0 Å². The number of hydrogen-bond donors (Lipinski definition) is 0. The first kappa shape index (κ1) is 11.8. The normalized spacial score (nSPS) is 10.2. The maximum absolute atomic E-state index is 5.78. The van der Waals surface area contributed by atoms with E-state index in [4.69, 9.17) is 8.39 Å². The molecule has 3 heteroatoms. The van der Waals surface area contributed by atoms with E-state index in [1.54, 1.807) is 0 Å². The number of rotatable bonds is 0. The van der Waals surface area contributed by atoms with Crippen LogP contribution in [0.3, 0.4) is 0 Å². The molecular weight excluding hydrogens is 231 g/mol. The van der Waals surface area contributed by atoms with Crippen molar-refractivity contribution in [2.75, 3.05) is 0 Å². The molecule has 0 amide bonds. The Labute approximate surface area is 101 Å². The summed E-state index contributed by atoms with van der Waals surface area (Å²) >= 11 is 0. The smallest absolute Gasteiger partial charge is 0.213 e. The van der Waals surface area contributed by atoms with Gasteiger partial charge in [0.2, 0.25) is 8.01 Å². The summed E-state index contributed by atoms with van der Waals surface area (Å²) in [6.45, 7) is 1.97. The number of benzene rings is 2. The molecule has 0 bridgehead atoms. The highest BCUT2D eigenvalue weighted by Gasteiger charge is 2.01. The van der Waals surface area contributed by atoms with Crippen molar-refractivity contribution in [2.45, 2.75) is 7.43 Å². The zero-order valence-electron chi connectivity index (χ0n) is 8.88. The van der Waals surface area contributed by atoms with E-state index < -0.39 is 8.01 Å². The molecule has 0 aliphatic carbocycles. The molecule has 0 aliphatic heterocycles. The maximum Gasteiger partial charge on any atom is 0.213 e. The van der Waals surface area contributed by atoms with Gasteiger partial charge in [-0.3, -0.25) is 0 Å². The highest BCUT2D eigenvalue weighted by Crippen LogP contribution is 2.32. The molecule has 0 radical (unpaired) electrons. The molecule has 3 aromatic rings. The average Bonchev–Trinajstić information content (AvgIpc) is 2.44. The van der Waals surface area contributed by atoms with E-state index in [-0.39, 0.29) is 7.43 Å². The van der Waals surface area contributed by atoms with Crippen molar-refractivity contribution in [3.63, 3.8) is 0 Å². The van der Waals surface area contributed by atoms with E-state index in [0.717, 1.165) is 21.9 Å². The Kier molecular flexibility index (Phi) is 3.26. The van der Waals surface area contributed by atoms with Gasteiger partial charge in [0.05, 0.1) is 0 Å². The van der Waals surface area contributed by atoms with E-state index in [9.17, 15) is 0 Å². The molecule has 17 heavy (non-hydrogen) atoms. The largest absolute Gasteiger partial charge is 0.419 e. The summed E-state index contributed by atoms with van der Waals surface area (Å²) in [5, 5.41) is 2.20. The minimum Gasteiger partial charge on any atom is -0.419 e. The monoisotopic (exact) mass is 246 g/mol. The van der Waals surface area contributed by atoms with Crippen LogP contribution in [-0.2, 0) is 6.66 Å². The van der Waals surface area contributed by atoms with Crippen LogP contribution >= 0.6 is 8.01 Å². The van der Waals surface area contributed by atoms with Gasteiger partial charge in [-0.15, -0.1) is 0 Å². The first-order valence-electron chi connectivity index (χ1n) is 5.13. The molecule has 0 unspecified atom stereocenters. The Balaban J connectivity index is 0.00000108. The Morgan fingerprint density at radius 1 is 0.765 bits per heavy atom. The lowest BCUT2D eigenvalue weighted by molar-refractivity contribution is 0.644. The van der Waals surface area contributed by atoms with Gasteiger partial charge in [-0.2, -0.15) is 0 Å². The van der Waals surface area contributed by atoms with Crippen LogP contribution in [0.5, 0.6) is 0 Å². The lowest BCUT2D eigenvalue weighted by atomic mass is 10.1. The predicted molar refractivity (Wildman–Crippen MR) is 74.0 cm³/mol. The van der Waals surface area contributed by atoms with E-state index in [1.165, 1.54) is 0 Å². The van der Waals surface area contributed by atoms with Crippen LogP contribution in [-0.4, -0.2) is 0 Å². The Hall–Kier alpha value is -1.66. The number of aryl methyl sites for hydroxylation is 1. The second-order valence-corrected chi connectivity index (χ2v) is 4.86. The van der Waals surface area contributed by atoms with E-state index in [1.807, 2.05) is 43.1 Å². The fourth-order valence-electron chi connectivity index (χ4n) is 1.83. The van der Waals surface area contributed by atoms with Crippen molar-refractivity contribution in [1.29, 1.82) is 0 Å². The molecule has 0 saturated carbocycles. The molecule has 1 heterocycles. The second kappa shape index (κ2) is 4.68. The summed E-state index contributed by atoms with van der Waals surface area (Å²) < 4.78 is 11.6. The summed E-state index contributed by atoms with van der Waals surface area (Å²) in [6.07, 6.45) is 0. The van der Waals surface area contributed by atoms with E-state index >= 15 is 0 Å². The third-order valence-corrected chi connectivity index (χ3v) is 3.43. The fourth-order valence-corrected chi connectivity index (χ4v) is 2.74. The SMILES string of the molecule is C.Cp1oc2ccccc2c2ccccc2o1. The molecule has 0 fully saturated rings. The second-order valence-electron chi connectivity index (χ2n) is 3.61. The Morgan fingerprint density at radius 3 is 1.65 bits per heavy atom. The highest BCUT2D eigenvalue weighted by atomic mass is 31.1. The number of hydrogen-bond acceptors (Lipinski definition) is 2. The third-order valence-electron chi connectivity index (χ3n) is 2.52. The predicted octanol–water partition coefficient (Wildman–Crippen LogP) is 5.46. The lowest BCUT2D eigenvalue weighted by Gasteiger charge is -1.92. The molecule has 2 nitrogen and oxygen atoms in total. The summed E-state index contributed by atoms with van der Waals surface area (Å²) in [5.74, 6) is 0. The molecule has 0 N–H and O–H groups in total. The molecule has 3 rings (SSSR count). The van der Waals surface area contributed by atoms with Gasteiger partial charge >= 0.3 is 0 Å². The van der Waals surface area contributed by atoms with Gasteiger partial charge in [-0.1, -0.05) is 43.8 Å². The molecule has 0 spiro atoms. The summed E-state index contributed by atoms with van der Waals surface area (Å²) in [7, 11) is -0.891. The minimum atomic E-state index is -0.891. The van der Waals surface area contributed by atoms with Crippen LogP contribution in [0.4, 0.5) is 0 Å². The zero-order valence-corrected chi connectivity index (χ0v) is 9.78. The summed E-state index contributed by atoms with van der Waals surface area (Å²) in [4.78, 5) is 0. The first-order chi connectivity index (χ1) is 7.84. The molecule has 1 aromatic heterocycles. The average molecular weight is 246 g/mol. The van der Waals surface area contributed by atoms with Crippen molar-refractivity contribution in [3.05, 3.63) is 48.5 Å². The fraction of sp³-hybridized carbons (Fsp3) is 0.143. The van der Waals surface area contributed by atoms with Gasteiger partial charge in [-0.25, -0.2) is 0 Å². The summed E-state index contributed by atoms with van der Waals surface area (Å²) in [5.41, 5.74) is 1.81. The topological polar surface area (TPSA) is 26.3 Å². The Bertz CT molecular complexity index is 628.